The Balaban J connectivity index is 1.19. The number of carboxylic acids is 1. The maximum atomic E-state index is 13.7. The number of esters is 2. The van der Waals surface area contributed by atoms with Gasteiger partial charge in [0, 0.05) is 24.3 Å². The van der Waals surface area contributed by atoms with E-state index in [0.29, 0.717) is 64.2 Å². The summed E-state index contributed by atoms with van der Waals surface area (Å²) >= 11 is 0. The molecule has 6 rings (SSSR count). The van der Waals surface area contributed by atoms with Crippen LogP contribution in [0.5, 0.6) is 0 Å². The maximum Gasteiger partial charge on any atom is 0.323 e. The summed E-state index contributed by atoms with van der Waals surface area (Å²) in [5.41, 5.74) is 6.64. The van der Waals surface area contributed by atoms with Gasteiger partial charge in [0.25, 0.3) is 0 Å². The number of carbonyl (C=O) groups excluding carboxylic acids is 3. The van der Waals surface area contributed by atoms with E-state index in [-0.39, 0.29) is 34.5 Å². The third-order valence-electron chi connectivity index (χ3n) is 16.4. The average molecular weight is 777 g/mol. The van der Waals surface area contributed by atoms with Gasteiger partial charge in [-0.15, -0.1) is 0 Å². The molecule has 10 nitrogen and oxygen atoms in total. The van der Waals surface area contributed by atoms with E-state index in [9.17, 15) is 24.3 Å². The first-order valence-corrected chi connectivity index (χ1v) is 21.3. The molecule has 4 aliphatic carbocycles. The van der Waals surface area contributed by atoms with Crippen molar-refractivity contribution in [2.45, 2.75) is 138 Å². The summed E-state index contributed by atoms with van der Waals surface area (Å²) < 4.78 is 19.0. The number of benzene rings is 1. The summed E-state index contributed by atoms with van der Waals surface area (Å²) in [7, 11) is 0. The predicted molar refractivity (Wildman–Crippen MR) is 214 cm³/mol. The molecule has 4 fully saturated rings. The largest absolute Gasteiger partial charge is 0.481 e. The molecule has 310 valence electrons. The van der Waals surface area contributed by atoms with Gasteiger partial charge in [-0.05, 0) is 103 Å². The van der Waals surface area contributed by atoms with Crippen molar-refractivity contribution in [2.75, 3.05) is 19.8 Å². The predicted octanol–water partition coefficient (Wildman–Crippen LogP) is 7.27. The summed E-state index contributed by atoms with van der Waals surface area (Å²) in [6.07, 6.45) is 7.75. The van der Waals surface area contributed by atoms with E-state index in [1.807, 2.05) is 30.3 Å². The van der Waals surface area contributed by atoms with Gasteiger partial charge >= 0.3 is 17.9 Å². The Morgan fingerprint density at radius 2 is 1.68 bits per heavy atom. The summed E-state index contributed by atoms with van der Waals surface area (Å²) in [6, 6.07) is 8.73. The molecule has 10 heteroatoms. The van der Waals surface area contributed by atoms with Gasteiger partial charge in [0.2, 0.25) is 5.91 Å². The number of nitrogens with two attached hydrogens (primary N) is 1. The number of ether oxygens (including phenoxy) is 3. The molecule has 0 aromatic heterocycles. The molecule has 56 heavy (non-hydrogen) atoms. The molecule has 1 aliphatic heterocycles. The van der Waals surface area contributed by atoms with Crippen molar-refractivity contribution in [2.24, 2.45) is 62.4 Å². The number of unbranched alkanes of at least 4 members (excludes halogenated alkanes) is 1. The lowest BCUT2D eigenvalue weighted by Gasteiger charge is -2.71. The molecule has 3 saturated carbocycles. The van der Waals surface area contributed by atoms with Crippen LogP contribution in [0, 0.1) is 56.7 Å². The van der Waals surface area contributed by atoms with Crippen LogP contribution in [0.25, 0.3) is 0 Å². The monoisotopic (exact) mass is 776 g/mol. The highest BCUT2D eigenvalue weighted by molar-refractivity contribution is 5.78. The Bertz CT molecular complexity index is 1680. The summed E-state index contributed by atoms with van der Waals surface area (Å²) in [5, 5.41) is 14.0. The lowest BCUT2D eigenvalue weighted by atomic mass is 9.34. The number of allylic oxidation sites excluding steroid dienone is 1. The van der Waals surface area contributed by atoms with Gasteiger partial charge < -0.3 is 30.4 Å². The van der Waals surface area contributed by atoms with Crippen LogP contribution in [-0.4, -0.2) is 66.9 Å². The topological polar surface area (TPSA) is 154 Å². The normalized spacial score (nSPS) is 38.5. The fourth-order valence-corrected chi connectivity index (χ4v) is 13.0. The Morgan fingerprint density at radius 3 is 2.34 bits per heavy atom. The lowest BCUT2D eigenvalue weighted by molar-refractivity contribution is -0.263. The minimum absolute atomic E-state index is 0.0451. The third kappa shape index (κ3) is 7.13. The SMILES string of the molecule is CC(=O)O[C@@H]1C[C@@]23COC[C@](C)([C@@H]2CC[C@H]2C3=CC[C@@]3(C)[C@H](C(=O)O)[C@@](C)([C@H](C)C(C)C)CC[C@]23C)[C@H]1OC(=O)C(N)CCCCNC(=O)Cc1ccccc1. The second kappa shape index (κ2) is 15.8. The number of hydrogen-bond acceptors (Lipinski definition) is 8. The first-order chi connectivity index (χ1) is 26.3. The molecule has 0 radical (unpaired) electrons. The van der Waals surface area contributed by atoms with Crippen molar-refractivity contribution >= 4 is 23.8 Å². The molecule has 1 saturated heterocycles. The molecular weight excluding hydrogens is 709 g/mol. The van der Waals surface area contributed by atoms with Gasteiger partial charge in [-0.25, -0.2) is 0 Å². The van der Waals surface area contributed by atoms with Crippen molar-refractivity contribution in [3.05, 3.63) is 47.5 Å². The molecule has 1 aromatic carbocycles. The second-order valence-corrected chi connectivity index (χ2v) is 19.7. The Hall–Kier alpha value is -3.24. The van der Waals surface area contributed by atoms with E-state index in [4.69, 9.17) is 19.9 Å². The smallest absolute Gasteiger partial charge is 0.323 e. The van der Waals surface area contributed by atoms with Crippen molar-refractivity contribution in [1.82, 2.24) is 5.32 Å². The highest BCUT2D eigenvalue weighted by atomic mass is 16.6. The van der Waals surface area contributed by atoms with Gasteiger partial charge in [-0.1, -0.05) is 90.4 Å². The zero-order chi connectivity index (χ0) is 40.8. The first kappa shape index (κ1) is 42.4. The molecule has 1 amide bonds. The second-order valence-electron chi connectivity index (χ2n) is 19.7. The minimum Gasteiger partial charge on any atom is -0.481 e. The number of amides is 1. The van der Waals surface area contributed by atoms with E-state index in [1.165, 1.54) is 12.5 Å². The molecule has 1 aromatic rings. The van der Waals surface area contributed by atoms with Crippen LogP contribution in [0.1, 0.15) is 119 Å². The Morgan fingerprint density at radius 1 is 0.964 bits per heavy atom. The van der Waals surface area contributed by atoms with E-state index in [0.717, 1.165) is 31.2 Å². The number of hydrogen-bond donors (Lipinski definition) is 3. The van der Waals surface area contributed by atoms with E-state index >= 15 is 0 Å². The average Bonchev–Trinajstić information content (AvgIpc) is 3.13. The quantitative estimate of drug-likeness (QED) is 0.107. The summed E-state index contributed by atoms with van der Waals surface area (Å²) in [5.74, 6) is -1.26. The van der Waals surface area contributed by atoms with Gasteiger partial charge in [0.1, 0.15) is 18.2 Å². The number of fused-ring (bicyclic) bond motifs is 3. The summed E-state index contributed by atoms with van der Waals surface area (Å²) in [6.45, 7) is 18.4. The van der Waals surface area contributed by atoms with Crippen LogP contribution in [0.4, 0.5) is 0 Å². The van der Waals surface area contributed by atoms with E-state index in [1.54, 1.807) is 0 Å². The van der Waals surface area contributed by atoms with Gasteiger partial charge in [0.05, 0.1) is 25.6 Å². The number of aliphatic carboxylic acids is 1. The van der Waals surface area contributed by atoms with Crippen LogP contribution >= 0.6 is 0 Å². The third-order valence-corrected chi connectivity index (χ3v) is 16.4. The fraction of sp³-hybridized carbons (Fsp3) is 0.739. The van der Waals surface area contributed by atoms with Gasteiger partial charge in [-0.3, -0.25) is 19.2 Å². The number of rotatable bonds is 13. The molecule has 1 heterocycles. The summed E-state index contributed by atoms with van der Waals surface area (Å²) in [4.78, 5) is 52.2. The molecule has 1 unspecified atom stereocenters. The van der Waals surface area contributed by atoms with Crippen LogP contribution in [0.2, 0.25) is 0 Å². The van der Waals surface area contributed by atoms with Crippen LogP contribution in [-0.2, 0) is 39.8 Å². The highest BCUT2D eigenvalue weighted by Gasteiger charge is 2.72. The number of carbonyl (C=O) groups is 4. The Labute approximate surface area is 334 Å². The highest BCUT2D eigenvalue weighted by Crippen LogP contribution is 2.75. The van der Waals surface area contributed by atoms with Crippen LogP contribution in [0.15, 0.2) is 42.0 Å². The number of carboxylic acid groups (broad SMARTS) is 1. The molecular formula is C46H68N2O8. The Kier molecular flexibility index (Phi) is 12.0. The van der Waals surface area contributed by atoms with E-state index in [2.05, 4.69) is 59.9 Å². The molecule has 5 aliphatic rings. The van der Waals surface area contributed by atoms with Crippen molar-refractivity contribution < 1.29 is 38.5 Å². The van der Waals surface area contributed by atoms with Crippen molar-refractivity contribution in [1.29, 1.82) is 0 Å². The molecule has 0 spiro atoms. The molecule has 12 atom stereocenters. The number of nitrogens with one attached hydrogen (secondary N) is 1. The molecule has 2 bridgehead atoms. The van der Waals surface area contributed by atoms with Crippen LogP contribution < -0.4 is 11.1 Å². The zero-order valence-electron chi connectivity index (χ0n) is 35.2. The van der Waals surface area contributed by atoms with Crippen molar-refractivity contribution in [3.8, 4) is 0 Å². The lowest BCUT2D eigenvalue weighted by Crippen LogP contribution is -2.70. The fourth-order valence-electron chi connectivity index (χ4n) is 13.0. The maximum absolute atomic E-state index is 13.7. The first-order valence-electron chi connectivity index (χ1n) is 21.3. The standard InChI is InChI=1S/C46H68N2O8/c1-28(2)29(3)42(5)21-22-44(7)32-17-18-36-43(6)26-54-27-46(36,33(32)19-20-45(44,8)38(42)40(51)52)25-35(55-30(4)49)39(43)56-41(53)34(47)16-12-13-23-48-37(50)24-31-14-10-9-11-15-31/h9-11,14-15,19,28-29,32,34-36,38-39H,12-13,16-18,20-27,47H2,1-8H3,(H,48,50)(H,51,52)/t29-,32+,34?,35-,36+,38-,39+,42-,43-,44-,45+,46+/m1/s1. The molecule has 4 N–H and O–H groups in total. The van der Waals surface area contributed by atoms with Gasteiger partial charge in [-0.2, -0.15) is 0 Å². The zero-order valence-corrected chi connectivity index (χ0v) is 35.2. The minimum atomic E-state index is -0.861. The van der Waals surface area contributed by atoms with E-state index < -0.39 is 58.3 Å². The van der Waals surface area contributed by atoms with Crippen LogP contribution in [0.3, 0.4) is 0 Å². The van der Waals surface area contributed by atoms with Crippen molar-refractivity contribution in [3.63, 3.8) is 0 Å². The van der Waals surface area contributed by atoms with Gasteiger partial charge in [0.15, 0.2) is 0 Å².